The summed E-state index contributed by atoms with van der Waals surface area (Å²) in [7, 11) is 0. The van der Waals surface area contributed by atoms with Crippen molar-refractivity contribution >= 4 is 12.0 Å². The Morgan fingerprint density at radius 2 is 1.83 bits per heavy atom. The summed E-state index contributed by atoms with van der Waals surface area (Å²) in [4.78, 5) is 22.3. The number of halogens is 3. The van der Waals surface area contributed by atoms with Gasteiger partial charge in [0.15, 0.2) is 0 Å². The Balaban J connectivity index is 2.51. The molecule has 3 N–H and O–H groups in total. The first-order valence-corrected chi connectivity index (χ1v) is 7.13. The minimum absolute atomic E-state index is 0.139. The molecule has 0 spiro atoms. The van der Waals surface area contributed by atoms with Gasteiger partial charge in [-0.1, -0.05) is 30.3 Å². The fraction of sp³-hybridized carbons (Fsp3) is 0.467. The van der Waals surface area contributed by atoms with E-state index >= 15 is 0 Å². The van der Waals surface area contributed by atoms with Crippen molar-refractivity contribution in [1.82, 2.24) is 10.6 Å². The number of carboxylic acids is 1. The van der Waals surface area contributed by atoms with Gasteiger partial charge in [0.1, 0.15) is 0 Å². The Bertz CT molecular complexity index is 506. The number of amides is 2. The fourth-order valence-corrected chi connectivity index (χ4v) is 1.98. The first-order chi connectivity index (χ1) is 10.8. The number of hydrogen-bond acceptors (Lipinski definition) is 2. The van der Waals surface area contributed by atoms with Crippen molar-refractivity contribution in [3.05, 3.63) is 35.9 Å². The third-order valence-electron chi connectivity index (χ3n) is 3.06. The second-order valence-electron chi connectivity index (χ2n) is 5.08. The molecule has 0 aromatic heterocycles. The summed E-state index contributed by atoms with van der Waals surface area (Å²) >= 11 is 0. The molecule has 5 nitrogen and oxygen atoms in total. The molecule has 0 aliphatic rings. The number of urea groups is 1. The topological polar surface area (TPSA) is 78.4 Å². The van der Waals surface area contributed by atoms with Crippen LogP contribution in [0.5, 0.6) is 0 Å². The molecular formula is C15H19F3N2O3. The standard InChI is InChI=1S/C15H19F3N2O3/c16-15(17,18)8-9-19-14(23)20-12(6-7-13(21)22)10-11-4-2-1-3-5-11/h1-5,12H,6-10H2,(H,21,22)(H2,19,20,23). The van der Waals surface area contributed by atoms with Crippen molar-refractivity contribution in [2.24, 2.45) is 0 Å². The van der Waals surface area contributed by atoms with Crippen LogP contribution in [0.15, 0.2) is 30.3 Å². The molecule has 1 atom stereocenters. The van der Waals surface area contributed by atoms with Crippen LogP contribution in [0.3, 0.4) is 0 Å². The average Bonchev–Trinajstić information content (AvgIpc) is 2.44. The van der Waals surface area contributed by atoms with E-state index in [2.05, 4.69) is 10.6 Å². The third-order valence-corrected chi connectivity index (χ3v) is 3.06. The first-order valence-electron chi connectivity index (χ1n) is 7.13. The molecule has 0 saturated carbocycles. The highest BCUT2D eigenvalue weighted by molar-refractivity contribution is 5.74. The quantitative estimate of drug-likeness (QED) is 0.685. The van der Waals surface area contributed by atoms with Gasteiger partial charge in [0.2, 0.25) is 0 Å². The van der Waals surface area contributed by atoms with Crippen molar-refractivity contribution < 1.29 is 27.9 Å². The fourth-order valence-electron chi connectivity index (χ4n) is 1.98. The average molecular weight is 332 g/mol. The molecule has 1 aromatic carbocycles. The molecule has 0 aliphatic carbocycles. The summed E-state index contributed by atoms with van der Waals surface area (Å²) in [5, 5.41) is 13.4. The lowest BCUT2D eigenvalue weighted by atomic mass is 10.0. The van der Waals surface area contributed by atoms with Crippen molar-refractivity contribution in [1.29, 1.82) is 0 Å². The number of aliphatic carboxylic acids is 1. The molecule has 0 bridgehead atoms. The third kappa shape index (κ3) is 9.38. The van der Waals surface area contributed by atoms with Crippen LogP contribution >= 0.6 is 0 Å². The minimum Gasteiger partial charge on any atom is -0.481 e. The van der Waals surface area contributed by atoms with Crippen LogP contribution in [0.2, 0.25) is 0 Å². The number of hydrogen-bond donors (Lipinski definition) is 3. The lowest BCUT2D eigenvalue weighted by Gasteiger charge is -2.19. The Hall–Kier alpha value is -2.25. The van der Waals surface area contributed by atoms with E-state index in [1.165, 1.54) is 0 Å². The van der Waals surface area contributed by atoms with Gasteiger partial charge in [0.05, 0.1) is 6.42 Å². The van der Waals surface area contributed by atoms with Crippen molar-refractivity contribution in [3.63, 3.8) is 0 Å². The molecule has 0 fully saturated rings. The number of carboxylic acid groups (broad SMARTS) is 1. The van der Waals surface area contributed by atoms with Gasteiger partial charge in [-0.05, 0) is 18.4 Å². The largest absolute Gasteiger partial charge is 0.481 e. The second kappa shape index (κ2) is 9.02. The maximum Gasteiger partial charge on any atom is 0.390 e. The van der Waals surface area contributed by atoms with Crippen LogP contribution < -0.4 is 10.6 Å². The van der Waals surface area contributed by atoms with Gasteiger partial charge in [-0.3, -0.25) is 4.79 Å². The van der Waals surface area contributed by atoms with Crippen molar-refractivity contribution in [3.8, 4) is 0 Å². The molecule has 0 saturated heterocycles. The first kappa shape index (κ1) is 18.8. The SMILES string of the molecule is O=C(O)CCC(Cc1ccccc1)NC(=O)NCCC(F)(F)F. The summed E-state index contributed by atoms with van der Waals surface area (Å²) in [5.74, 6) is -0.998. The zero-order chi connectivity index (χ0) is 17.3. The Labute approximate surface area is 131 Å². The highest BCUT2D eigenvalue weighted by atomic mass is 19.4. The van der Waals surface area contributed by atoms with E-state index in [-0.39, 0.29) is 12.8 Å². The number of benzene rings is 1. The second-order valence-corrected chi connectivity index (χ2v) is 5.08. The molecule has 0 radical (unpaired) electrons. The molecule has 0 aliphatic heterocycles. The van der Waals surface area contributed by atoms with E-state index in [0.29, 0.717) is 6.42 Å². The van der Waals surface area contributed by atoms with Crippen LogP contribution in [0.4, 0.5) is 18.0 Å². The predicted octanol–water partition coefficient (Wildman–Crippen LogP) is 2.71. The number of alkyl halides is 3. The molecule has 1 rings (SSSR count). The Morgan fingerprint density at radius 1 is 1.17 bits per heavy atom. The van der Waals surface area contributed by atoms with Gasteiger partial charge < -0.3 is 15.7 Å². The molecule has 1 unspecified atom stereocenters. The van der Waals surface area contributed by atoms with Gasteiger partial charge in [-0.2, -0.15) is 13.2 Å². The molecular weight excluding hydrogens is 313 g/mol. The highest BCUT2D eigenvalue weighted by Crippen LogP contribution is 2.18. The monoisotopic (exact) mass is 332 g/mol. The summed E-state index contributed by atoms with van der Waals surface area (Å²) in [6.45, 7) is -0.522. The zero-order valence-corrected chi connectivity index (χ0v) is 12.4. The maximum atomic E-state index is 12.0. The Kier molecular flexibility index (Phi) is 7.37. The van der Waals surface area contributed by atoms with Crippen molar-refractivity contribution in [2.45, 2.75) is 37.9 Å². The van der Waals surface area contributed by atoms with Crippen LogP contribution in [0, 0.1) is 0 Å². The summed E-state index contributed by atoms with van der Waals surface area (Å²) in [6.07, 6.45) is -4.99. The molecule has 8 heteroatoms. The van der Waals surface area contributed by atoms with Gasteiger partial charge in [0, 0.05) is 19.0 Å². The molecule has 2 amide bonds. The normalized spacial score (nSPS) is 12.5. The van der Waals surface area contributed by atoms with Gasteiger partial charge >= 0.3 is 18.2 Å². The number of nitrogens with one attached hydrogen (secondary N) is 2. The maximum absolute atomic E-state index is 12.0. The van der Waals surface area contributed by atoms with Crippen LogP contribution in [-0.4, -0.2) is 35.9 Å². The van der Waals surface area contributed by atoms with Gasteiger partial charge in [-0.15, -0.1) is 0 Å². The van der Waals surface area contributed by atoms with Crippen LogP contribution in [0.1, 0.15) is 24.8 Å². The van der Waals surface area contributed by atoms with E-state index < -0.39 is 37.2 Å². The van der Waals surface area contributed by atoms with Gasteiger partial charge in [-0.25, -0.2) is 4.79 Å². The smallest absolute Gasteiger partial charge is 0.390 e. The zero-order valence-electron chi connectivity index (χ0n) is 12.4. The minimum atomic E-state index is -4.33. The van der Waals surface area contributed by atoms with Crippen LogP contribution in [-0.2, 0) is 11.2 Å². The van der Waals surface area contributed by atoms with E-state index in [1.807, 2.05) is 30.3 Å². The lowest BCUT2D eigenvalue weighted by molar-refractivity contribution is -0.137. The molecule has 23 heavy (non-hydrogen) atoms. The highest BCUT2D eigenvalue weighted by Gasteiger charge is 2.26. The number of rotatable bonds is 8. The van der Waals surface area contributed by atoms with E-state index in [4.69, 9.17) is 5.11 Å². The Morgan fingerprint density at radius 3 is 2.39 bits per heavy atom. The van der Waals surface area contributed by atoms with Crippen LogP contribution in [0.25, 0.3) is 0 Å². The van der Waals surface area contributed by atoms with Crippen molar-refractivity contribution in [2.75, 3.05) is 6.54 Å². The van der Waals surface area contributed by atoms with E-state index in [9.17, 15) is 22.8 Å². The molecule has 128 valence electrons. The summed E-state index contributed by atoms with van der Waals surface area (Å²) in [5.41, 5.74) is 0.901. The summed E-state index contributed by atoms with van der Waals surface area (Å²) < 4.78 is 36.1. The summed E-state index contributed by atoms with van der Waals surface area (Å²) in [6, 6.07) is 7.90. The molecule has 1 aromatic rings. The van der Waals surface area contributed by atoms with E-state index in [1.54, 1.807) is 0 Å². The number of carbonyl (C=O) groups is 2. The molecule has 0 heterocycles. The lowest BCUT2D eigenvalue weighted by Crippen LogP contribution is -2.44. The number of carbonyl (C=O) groups excluding carboxylic acids is 1. The predicted molar refractivity (Wildman–Crippen MR) is 78.0 cm³/mol. The van der Waals surface area contributed by atoms with Gasteiger partial charge in [0.25, 0.3) is 0 Å². The van der Waals surface area contributed by atoms with E-state index in [0.717, 1.165) is 5.56 Å².